The third-order valence-electron chi connectivity index (χ3n) is 6.01. The number of aliphatic hydroxyl groups excluding tert-OH is 1. The summed E-state index contributed by atoms with van der Waals surface area (Å²) in [6, 6.07) is 0. The van der Waals surface area contributed by atoms with Crippen molar-refractivity contribution in [2.24, 2.45) is 0 Å². The molecule has 2 N–H and O–H groups in total. The van der Waals surface area contributed by atoms with E-state index in [2.05, 4.69) is 13.8 Å². The van der Waals surface area contributed by atoms with Gasteiger partial charge in [0.25, 0.3) is 10.1 Å². The molecular formula is C24H50O4S. The lowest BCUT2D eigenvalue weighted by Crippen LogP contribution is -2.20. The second-order valence-electron chi connectivity index (χ2n) is 8.90. The molecule has 0 radical (unpaired) electrons. The molecule has 0 aliphatic heterocycles. The first-order valence-corrected chi connectivity index (χ1v) is 14.1. The third-order valence-corrected chi connectivity index (χ3v) is 7.32. The van der Waals surface area contributed by atoms with Crippen LogP contribution in [-0.4, -0.2) is 29.4 Å². The molecule has 0 fully saturated rings. The van der Waals surface area contributed by atoms with Gasteiger partial charge in [-0.05, 0) is 25.7 Å². The molecule has 0 aromatic carbocycles. The van der Waals surface area contributed by atoms with Crippen molar-refractivity contribution in [1.82, 2.24) is 0 Å². The Morgan fingerprint density at radius 2 is 0.862 bits per heavy atom. The highest BCUT2D eigenvalue weighted by molar-refractivity contribution is 7.86. The van der Waals surface area contributed by atoms with E-state index in [-0.39, 0.29) is 6.10 Å². The predicted molar refractivity (Wildman–Crippen MR) is 125 cm³/mol. The molecule has 0 aromatic heterocycles. The van der Waals surface area contributed by atoms with E-state index >= 15 is 0 Å². The third kappa shape index (κ3) is 19.6. The van der Waals surface area contributed by atoms with Crippen LogP contribution in [0.25, 0.3) is 0 Å². The van der Waals surface area contributed by atoms with Gasteiger partial charge in [-0.25, -0.2) is 0 Å². The first-order chi connectivity index (χ1) is 13.9. The van der Waals surface area contributed by atoms with Crippen molar-refractivity contribution in [2.75, 3.05) is 0 Å². The molecule has 0 bridgehead atoms. The smallest absolute Gasteiger partial charge is 0.267 e. The maximum Gasteiger partial charge on any atom is 0.267 e. The molecule has 4 nitrogen and oxygen atoms in total. The molecule has 0 heterocycles. The van der Waals surface area contributed by atoms with Gasteiger partial charge in [0.05, 0.1) is 11.4 Å². The summed E-state index contributed by atoms with van der Waals surface area (Å²) in [5.74, 6) is 0. The quantitative estimate of drug-likeness (QED) is 0.137. The fourth-order valence-corrected chi connectivity index (χ4v) is 4.93. The highest BCUT2D eigenvalue weighted by Gasteiger charge is 2.22. The predicted octanol–water partition coefficient (Wildman–Crippen LogP) is 7.45. The summed E-state index contributed by atoms with van der Waals surface area (Å²) in [7, 11) is -3.96. The van der Waals surface area contributed by atoms with Crippen LogP contribution in [0.15, 0.2) is 0 Å². The van der Waals surface area contributed by atoms with Crippen LogP contribution in [0.5, 0.6) is 0 Å². The lowest BCUT2D eigenvalue weighted by molar-refractivity contribution is 0.147. The Labute approximate surface area is 182 Å². The molecule has 5 heteroatoms. The van der Waals surface area contributed by atoms with Crippen molar-refractivity contribution < 1.29 is 18.1 Å². The summed E-state index contributed by atoms with van der Waals surface area (Å²) < 4.78 is 32.8. The van der Waals surface area contributed by atoms with Gasteiger partial charge < -0.3 is 5.11 Å². The van der Waals surface area contributed by atoms with Crippen molar-refractivity contribution in [2.45, 2.75) is 154 Å². The van der Waals surface area contributed by atoms with E-state index in [1.165, 1.54) is 64.2 Å². The van der Waals surface area contributed by atoms with Gasteiger partial charge in [-0.2, -0.15) is 8.42 Å². The van der Waals surface area contributed by atoms with Crippen LogP contribution in [0.2, 0.25) is 0 Å². The van der Waals surface area contributed by atoms with Crippen LogP contribution >= 0.6 is 0 Å². The van der Waals surface area contributed by atoms with Crippen LogP contribution in [0.4, 0.5) is 0 Å². The van der Waals surface area contributed by atoms with Gasteiger partial charge in [-0.3, -0.25) is 4.55 Å². The Balaban J connectivity index is 3.78. The number of rotatable bonds is 22. The van der Waals surface area contributed by atoms with E-state index in [0.29, 0.717) is 12.8 Å². The van der Waals surface area contributed by atoms with E-state index in [4.69, 9.17) is 0 Å². The van der Waals surface area contributed by atoms with Gasteiger partial charge in [-0.1, -0.05) is 117 Å². The first-order valence-electron chi connectivity index (χ1n) is 12.6. The molecule has 176 valence electrons. The van der Waals surface area contributed by atoms with E-state index in [0.717, 1.165) is 51.4 Å². The zero-order valence-corrected chi connectivity index (χ0v) is 20.2. The Bertz CT molecular complexity index is 436. The monoisotopic (exact) mass is 434 g/mol. The van der Waals surface area contributed by atoms with Gasteiger partial charge in [0.1, 0.15) is 0 Å². The Morgan fingerprint density at radius 1 is 0.552 bits per heavy atom. The summed E-state index contributed by atoms with van der Waals surface area (Å²) in [5.41, 5.74) is 0. The normalized spacial score (nSPS) is 14.2. The molecule has 0 saturated heterocycles. The van der Waals surface area contributed by atoms with Crippen molar-refractivity contribution in [3.8, 4) is 0 Å². The second kappa shape index (κ2) is 19.8. The topological polar surface area (TPSA) is 74.6 Å². The summed E-state index contributed by atoms with van der Waals surface area (Å²) in [4.78, 5) is 0. The minimum Gasteiger partial charge on any atom is -0.393 e. The minimum atomic E-state index is -3.96. The Kier molecular flexibility index (Phi) is 19.7. The first kappa shape index (κ1) is 28.9. The van der Waals surface area contributed by atoms with Crippen LogP contribution in [0.3, 0.4) is 0 Å². The molecule has 0 spiro atoms. The molecule has 29 heavy (non-hydrogen) atoms. The molecule has 2 atom stereocenters. The van der Waals surface area contributed by atoms with Gasteiger partial charge in [-0.15, -0.1) is 0 Å². The molecular weight excluding hydrogens is 384 g/mol. The molecule has 0 rings (SSSR count). The van der Waals surface area contributed by atoms with Crippen LogP contribution in [-0.2, 0) is 10.1 Å². The molecule has 0 aliphatic rings. The van der Waals surface area contributed by atoms with Crippen LogP contribution < -0.4 is 0 Å². The summed E-state index contributed by atoms with van der Waals surface area (Å²) in [5, 5.41) is 9.38. The average molecular weight is 435 g/mol. The van der Waals surface area contributed by atoms with Crippen molar-refractivity contribution in [3.63, 3.8) is 0 Å². The minimum absolute atomic E-state index is 0.266. The number of unbranched alkanes of at least 4 members (excludes halogenated alkanes) is 13. The van der Waals surface area contributed by atoms with E-state index in [1.54, 1.807) is 0 Å². The fourth-order valence-electron chi connectivity index (χ4n) is 4.00. The number of aliphatic hydroxyl groups is 1. The maximum absolute atomic E-state index is 11.7. The lowest BCUT2D eigenvalue weighted by Gasteiger charge is -2.15. The number of hydrogen-bond donors (Lipinski definition) is 2. The van der Waals surface area contributed by atoms with Crippen LogP contribution in [0, 0.1) is 0 Å². The molecule has 0 amide bonds. The fraction of sp³-hybridized carbons (Fsp3) is 1.00. The van der Waals surface area contributed by atoms with Crippen molar-refractivity contribution >= 4 is 10.1 Å². The largest absolute Gasteiger partial charge is 0.393 e. The SMILES string of the molecule is CCCCCCCCCCCCC(CCCCC(O)CCCCCC)S(=O)(=O)O. The lowest BCUT2D eigenvalue weighted by atomic mass is 10.0. The maximum atomic E-state index is 11.7. The highest BCUT2D eigenvalue weighted by Crippen LogP contribution is 2.20. The standard InChI is InChI=1S/C24H50O4S/c1-3-5-7-9-10-11-12-13-14-16-21-24(29(26,27)28)22-18-17-20-23(25)19-15-8-6-4-2/h23-25H,3-22H2,1-2H3,(H,26,27,28). The zero-order chi connectivity index (χ0) is 21.8. The Hall–Kier alpha value is -0.130. The zero-order valence-electron chi connectivity index (χ0n) is 19.4. The number of hydrogen-bond acceptors (Lipinski definition) is 3. The van der Waals surface area contributed by atoms with Crippen molar-refractivity contribution in [3.05, 3.63) is 0 Å². The van der Waals surface area contributed by atoms with Gasteiger partial charge in [0.2, 0.25) is 0 Å². The van der Waals surface area contributed by atoms with E-state index in [1.807, 2.05) is 0 Å². The van der Waals surface area contributed by atoms with Gasteiger partial charge in [0, 0.05) is 0 Å². The molecule has 0 aliphatic carbocycles. The van der Waals surface area contributed by atoms with Crippen molar-refractivity contribution in [1.29, 1.82) is 0 Å². The second-order valence-corrected chi connectivity index (χ2v) is 10.6. The van der Waals surface area contributed by atoms with Gasteiger partial charge in [0.15, 0.2) is 0 Å². The van der Waals surface area contributed by atoms with E-state index < -0.39 is 15.4 Å². The summed E-state index contributed by atoms with van der Waals surface area (Å²) in [6.07, 6.45) is 20.9. The molecule has 2 unspecified atom stereocenters. The van der Waals surface area contributed by atoms with Gasteiger partial charge >= 0.3 is 0 Å². The van der Waals surface area contributed by atoms with E-state index in [9.17, 15) is 18.1 Å². The average Bonchev–Trinajstić information content (AvgIpc) is 2.67. The molecule has 0 saturated carbocycles. The Morgan fingerprint density at radius 3 is 1.31 bits per heavy atom. The highest BCUT2D eigenvalue weighted by atomic mass is 32.2. The summed E-state index contributed by atoms with van der Waals surface area (Å²) in [6.45, 7) is 4.41. The molecule has 0 aromatic rings. The van der Waals surface area contributed by atoms with Crippen LogP contribution in [0.1, 0.15) is 142 Å². The summed E-state index contributed by atoms with van der Waals surface area (Å²) >= 11 is 0.